The first-order valence-corrected chi connectivity index (χ1v) is 6.72. The van der Waals surface area contributed by atoms with Crippen LogP contribution < -0.4 is 5.56 Å². The number of benzene rings is 2. The summed E-state index contributed by atoms with van der Waals surface area (Å²) in [5.41, 5.74) is 3.12. The normalized spacial score (nSPS) is 10.9. The van der Waals surface area contributed by atoms with Crippen LogP contribution in [0.15, 0.2) is 53.3 Å². The summed E-state index contributed by atoms with van der Waals surface area (Å²) in [4.78, 5) is 16.8. The van der Waals surface area contributed by atoms with E-state index in [4.69, 9.17) is 11.6 Å². The van der Waals surface area contributed by atoms with Gasteiger partial charge in [0.2, 0.25) is 0 Å². The van der Waals surface area contributed by atoms with Crippen LogP contribution in [0.25, 0.3) is 11.0 Å². The van der Waals surface area contributed by atoms with E-state index in [9.17, 15) is 4.79 Å². The first-order chi connectivity index (χ1) is 9.65. The molecular formula is C16H13ClN2O. The predicted octanol–water partition coefficient (Wildman–Crippen LogP) is 3.18. The molecule has 1 heterocycles. The Hall–Kier alpha value is -2.13. The highest BCUT2D eigenvalue weighted by molar-refractivity contribution is 6.30. The first kappa shape index (κ1) is 12.9. The Morgan fingerprint density at radius 3 is 2.75 bits per heavy atom. The van der Waals surface area contributed by atoms with Crippen LogP contribution in [0.1, 0.15) is 11.3 Å². The summed E-state index contributed by atoms with van der Waals surface area (Å²) in [6.07, 6.45) is 0.484. The van der Waals surface area contributed by atoms with Gasteiger partial charge in [0, 0.05) is 18.5 Å². The number of aromatic nitrogens is 2. The second-order valence-electron chi connectivity index (χ2n) is 4.72. The van der Waals surface area contributed by atoms with E-state index in [0.29, 0.717) is 17.1 Å². The molecule has 3 nitrogen and oxygen atoms in total. The number of hydrogen-bond acceptors (Lipinski definition) is 2. The number of aryl methyl sites for hydroxylation is 1. The van der Waals surface area contributed by atoms with Crippen LogP contribution in [0, 0.1) is 0 Å². The molecule has 0 unspecified atom stereocenters. The summed E-state index contributed by atoms with van der Waals surface area (Å²) in [7, 11) is 1.77. The maximum absolute atomic E-state index is 12.3. The molecule has 0 N–H and O–H groups in total. The molecule has 3 rings (SSSR count). The van der Waals surface area contributed by atoms with Gasteiger partial charge in [-0.05, 0) is 29.8 Å². The van der Waals surface area contributed by atoms with Crippen LogP contribution in [0.5, 0.6) is 0 Å². The Morgan fingerprint density at radius 2 is 1.95 bits per heavy atom. The number of hydrogen-bond donors (Lipinski definition) is 0. The Labute approximate surface area is 121 Å². The third kappa shape index (κ3) is 2.32. The molecule has 0 aliphatic heterocycles. The minimum Gasteiger partial charge on any atom is -0.308 e. The molecule has 0 saturated carbocycles. The van der Waals surface area contributed by atoms with Crippen LogP contribution in [0.3, 0.4) is 0 Å². The maximum Gasteiger partial charge on any atom is 0.272 e. The van der Waals surface area contributed by atoms with Gasteiger partial charge in [0.15, 0.2) is 0 Å². The van der Waals surface area contributed by atoms with Crippen molar-refractivity contribution >= 4 is 22.6 Å². The van der Waals surface area contributed by atoms with Crippen LogP contribution in [-0.4, -0.2) is 9.55 Å². The van der Waals surface area contributed by atoms with E-state index in [-0.39, 0.29) is 5.56 Å². The van der Waals surface area contributed by atoms with Crippen LogP contribution >= 0.6 is 11.6 Å². The molecular weight excluding hydrogens is 272 g/mol. The van der Waals surface area contributed by atoms with Gasteiger partial charge in [-0.25, -0.2) is 4.98 Å². The highest BCUT2D eigenvalue weighted by Gasteiger charge is 2.09. The van der Waals surface area contributed by atoms with Gasteiger partial charge in [0.25, 0.3) is 5.56 Å². The van der Waals surface area contributed by atoms with Crippen molar-refractivity contribution in [2.24, 2.45) is 7.05 Å². The highest BCUT2D eigenvalue weighted by Crippen LogP contribution is 2.14. The Bertz CT molecular complexity index is 839. The van der Waals surface area contributed by atoms with E-state index in [1.165, 1.54) is 0 Å². The molecule has 100 valence electrons. The summed E-state index contributed by atoms with van der Waals surface area (Å²) >= 11 is 5.97. The van der Waals surface area contributed by atoms with Crippen molar-refractivity contribution in [3.05, 3.63) is 75.2 Å². The molecule has 0 saturated heterocycles. The topological polar surface area (TPSA) is 34.9 Å². The SMILES string of the molecule is Cn1c(=O)c(Cc2cccc(Cl)c2)nc2ccccc21. The fraction of sp³-hybridized carbons (Fsp3) is 0.125. The minimum absolute atomic E-state index is 0.0660. The zero-order valence-corrected chi connectivity index (χ0v) is 11.8. The van der Waals surface area contributed by atoms with Gasteiger partial charge in [-0.2, -0.15) is 0 Å². The standard InChI is InChI=1S/C16H13ClN2O/c1-19-15-8-3-2-7-13(15)18-14(16(19)20)10-11-5-4-6-12(17)9-11/h2-9H,10H2,1H3. The molecule has 20 heavy (non-hydrogen) atoms. The molecule has 0 aliphatic carbocycles. The number of para-hydroxylation sites is 2. The van der Waals surface area contributed by atoms with Gasteiger partial charge >= 0.3 is 0 Å². The number of halogens is 1. The highest BCUT2D eigenvalue weighted by atomic mass is 35.5. The monoisotopic (exact) mass is 284 g/mol. The molecule has 3 aromatic rings. The average Bonchev–Trinajstić information content (AvgIpc) is 2.45. The third-order valence-corrected chi connectivity index (χ3v) is 3.55. The van der Waals surface area contributed by atoms with Gasteiger partial charge in [-0.3, -0.25) is 4.79 Å². The lowest BCUT2D eigenvalue weighted by Gasteiger charge is -2.08. The van der Waals surface area contributed by atoms with Gasteiger partial charge < -0.3 is 4.57 Å². The number of nitrogens with zero attached hydrogens (tertiary/aromatic N) is 2. The van der Waals surface area contributed by atoms with Crippen molar-refractivity contribution in [3.63, 3.8) is 0 Å². The van der Waals surface area contributed by atoms with Crippen LogP contribution in [-0.2, 0) is 13.5 Å². The molecule has 1 aromatic heterocycles. The molecule has 0 atom stereocenters. The fourth-order valence-corrected chi connectivity index (χ4v) is 2.51. The maximum atomic E-state index is 12.3. The molecule has 2 aromatic carbocycles. The van der Waals surface area contributed by atoms with Crippen LogP contribution in [0.4, 0.5) is 0 Å². The Balaban J connectivity index is 2.12. The van der Waals surface area contributed by atoms with Gasteiger partial charge in [-0.1, -0.05) is 35.9 Å². The summed E-state index contributed by atoms with van der Waals surface area (Å²) in [5, 5.41) is 0.667. The Morgan fingerprint density at radius 1 is 1.15 bits per heavy atom. The van der Waals surface area contributed by atoms with Crippen molar-refractivity contribution in [2.45, 2.75) is 6.42 Å². The lowest BCUT2D eigenvalue weighted by Crippen LogP contribution is -2.23. The van der Waals surface area contributed by atoms with E-state index in [0.717, 1.165) is 16.6 Å². The average molecular weight is 285 g/mol. The fourth-order valence-electron chi connectivity index (χ4n) is 2.29. The molecule has 0 bridgehead atoms. The third-order valence-electron chi connectivity index (χ3n) is 3.31. The molecule has 0 aliphatic rings. The lowest BCUT2D eigenvalue weighted by molar-refractivity contribution is 0.855. The van der Waals surface area contributed by atoms with E-state index in [1.807, 2.05) is 48.5 Å². The molecule has 0 radical (unpaired) electrons. The van der Waals surface area contributed by atoms with Crippen molar-refractivity contribution in [1.82, 2.24) is 9.55 Å². The second kappa shape index (κ2) is 5.10. The van der Waals surface area contributed by atoms with Crippen molar-refractivity contribution < 1.29 is 0 Å². The molecule has 0 spiro atoms. The summed E-state index contributed by atoms with van der Waals surface area (Å²) < 4.78 is 1.64. The predicted molar refractivity (Wildman–Crippen MR) is 81.2 cm³/mol. The number of fused-ring (bicyclic) bond motifs is 1. The summed E-state index contributed by atoms with van der Waals surface area (Å²) in [6.45, 7) is 0. The number of rotatable bonds is 2. The summed E-state index contributed by atoms with van der Waals surface area (Å²) in [6, 6.07) is 15.1. The van der Waals surface area contributed by atoms with Crippen LogP contribution in [0.2, 0.25) is 5.02 Å². The lowest BCUT2D eigenvalue weighted by atomic mass is 10.1. The van der Waals surface area contributed by atoms with E-state index < -0.39 is 0 Å². The van der Waals surface area contributed by atoms with Crippen molar-refractivity contribution in [2.75, 3.05) is 0 Å². The largest absolute Gasteiger partial charge is 0.308 e. The molecule has 0 amide bonds. The smallest absolute Gasteiger partial charge is 0.272 e. The zero-order chi connectivity index (χ0) is 14.1. The first-order valence-electron chi connectivity index (χ1n) is 6.34. The van der Waals surface area contributed by atoms with E-state index in [2.05, 4.69) is 4.98 Å². The second-order valence-corrected chi connectivity index (χ2v) is 5.15. The van der Waals surface area contributed by atoms with Gasteiger partial charge in [0.1, 0.15) is 5.69 Å². The minimum atomic E-state index is -0.0660. The van der Waals surface area contributed by atoms with Gasteiger partial charge in [0.05, 0.1) is 11.0 Å². The van der Waals surface area contributed by atoms with Crippen molar-refractivity contribution in [3.8, 4) is 0 Å². The zero-order valence-electron chi connectivity index (χ0n) is 11.0. The molecule has 4 heteroatoms. The van der Waals surface area contributed by atoms with Crippen molar-refractivity contribution in [1.29, 1.82) is 0 Å². The summed E-state index contributed by atoms with van der Waals surface area (Å²) in [5.74, 6) is 0. The van der Waals surface area contributed by atoms with E-state index >= 15 is 0 Å². The Kier molecular flexibility index (Phi) is 3.28. The van der Waals surface area contributed by atoms with Gasteiger partial charge in [-0.15, -0.1) is 0 Å². The molecule has 0 fully saturated rings. The quantitative estimate of drug-likeness (QED) is 0.724. The van der Waals surface area contributed by atoms with E-state index in [1.54, 1.807) is 11.6 Å².